The molecule has 2 heterocycles. The van der Waals surface area contributed by atoms with E-state index in [4.69, 9.17) is 16.0 Å². The first kappa shape index (κ1) is 19.5. The highest BCUT2D eigenvalue weighted by atomic mass is 79.9. The molecule has 1 saturated heterocycles. The van der Waals surface area contributed by atoms with E-state index in [0.29, 0.717) is 22.0 Å². The van der Waals surface area contributed by atoms with Crippen molar-refractivity contribution < 1.29 is 19.1 Å². The predicted octanol–water partition coefficient (Wildman–Crippen LogP) is 5.63. The summed E-state index contributed by atoms with van der Waals surface area (Å²) in [7, 11) is 0. The van der Waals surface area contributed by atoms with Gasteiger partial charge in [-0.1, -0.05) is 39.7 Å². The number of hydrogen-bond donors (Lipinski definition) is 1. The van der Waals surface area contributed by atoms with Crippen LogP contribution in [0.15, 0.2) is 75.3 Å². The molecule has 0 aliphatic carbocycles. The number of amides is 1. The molecule has 1 aliphatic heterocycles. The van der Waals surface area contributed by atoms with Crippen molar-refractivity contribution in [1.29, 1.82) is 0 Å². The van der Waals surface area contributed by atoms with Gasteiger partial charge in [-0.05, 0) is 55.0 Å². The molecular weight excluding hydrogens is 458 g/mol. The molecule has 1 aromatic heterocycles. The van der Waals surface area contributed by atoms with Crippen molar-refractivity contribution in [1.82, 2.24) is 0 Å². The van der Waals surface area contributed by atoms with Gasteiger partial charge < -0.3 is 9.52 Å². The quantitative estimate of drug-likeness (QED) is 0.305. The summed E-state index contributed by atoms with van der Waals surface area (Å²) in [5.74, 6) is -1.40. The van der Waals surface area contributed by atoms with Crippen LogP contribution in [0.5, 0.6) is 0 Å². The van der Waals surface area contributed by atoms with Crippen LogP contribution in [0.1, 0.15) is 22.9 Å². The Bertz CT molecular complexity index is 1140. The van der Waals surface area contributed by atoms with Gasteiger partial charge in [-0.2, -0.15) is 0 Å². The molecule has 0 spiro atoms. The van der Waals surface area contributed by atoms with E-state index in [2.05, 4.69) is 15.9 Å². The molecule has 5 nitrogen and oxygen atoms in total. The number of Topliss-reactive ketones (excluding diaryl/α,β-unsaturated/α-hetero) is 1. The third-order valence-corrected chi connectivity index (χ3v) is 5.56. The summed E-state index contributed by atoms with van der Waals surface area (Å²) in [5, 5.41) is 11.5. The molecule has 1 atom stereocenters. The van der Waals surface area contributed by atoms with Gasteiger partial charge in [-0.25, -0.2) is 0 Å². The van der Waals surface area contributed by atoms with E-state index < -0.39 is 17.7 Å². The zero-order chi connectivity index (χ0) is 20.7. The molecule has 29 heavy (non-hydrogen) atoms. The fraction of sp³-hybridized carbons (Fsp3) is 0.0909. The van der Waals surface area contributed by atoms with Crippen molar-refractivity contribution in [3.63, 3.8) is 0 Å². The zero-order valence-corrected chi connectivity index (χ0v) is 17.6. The number of carbonyl (C=O) groups excluding carboxylic acids is 2. The normalized spacial score (nSPS) is 18.4. The lowest BCUT2D eigenvalue weighted by Crippen LogP contribution is -2.29. The highest BCUT2D eigenvalue weighted by Gasteiger charge is 2.48. The largest absolute Gasteiger partial charge is 0.507 e. The molecule has 0 bridgehead atoms. The topological polar surface area (TPSA) is 70.8 Å². The molecule has 146 valence electrons. The summed E-state index contributed by atoms with van der Waals surface area (Å²) in [5.41, 5.74) is 1.64. The van der Waals surface area contributed by atoms with Crippen molar-refractivity contribution >= 4 is 50.7 Å². The monoisotopic (exact) mass is 471 g/mol. The molecule has 0 radical (unpaired) electrons. The molecule has 1 unspecified atom stereocenters. The van der Waals surface area contributed by atoms with E-state index in [1.807, 2.05) is 0 Å². The van der Waals surface area contributed by atoms with Gasteiger partial charge in [-0.15, -0.1) is 0 Å². The van der Waals surface area contributed by atoms with Gasteiger partial charge in [-0.3, -0.25) is 14.5 Å². The molecule has 0 saturated carbocycles. The van der Waals surface area contributed by atoms with Crippen molar-refractivity contribution in [3.8, 4) is 0 Å². The molecule has 4 rings (SSSR count). The Labute approximate surface area is 180 Å². The third kappa shape index (κ3) is 3.39. The number of hydrogen-bond acceptors (Lipinski definition) is 4. The van der Waals surface area contributed by atoms with Gasteiger partial charge in [0.1, 0.15) is 17.6 Å². The van der Waals surface area contributed by atoms with Crippen molar-refractivity contribution in [2.45, 2.75) is 13.0 Å². The molecule has 1 fully saturated rings. The lowest BCUT2D eigenvalue weighted by atomic mass is 9.99. The molecule has 3 aromatic rings. The maximum absolute atomic E-state index is 13.0. The van der Waals surface area contributed by atoms with E-state index in [9.17, 15) is 14.7 Å². The number of benzene rings is 2. The highest BCUT2D eigenvalue weighted by Crippen LogP contribution is 2.43. The highest BCUT2D eigenvalue weighted by molar-refractivity contribution is 9.10. The van der Waals surface area contributed by atoms with Crippen molar-refractivity contribution in [2.24, 2.45) is 0 Å². The predicted molar refractivity (Wildman–Crippen MR) is 114 cm³/mol. The second-order valence-corrected chi connectivity index (χ2v) is 7.97. The van der Waals surface area contributed by atoms with Crippen LogP contribution < -0.4 is 4.90 Å². The number of aliphatic hydroxyl groups is 1. The van der Waals surface area contributed by atoms with Crippen LogP contribution in [0.4, 0.5) is 5.69 Å². The number of carbonyl (C=O) groups is 2. The molecular formula is C22H15BrClNO4. The number of rotatable bonds is 3. The number of anilines is 1. The van der Waals surface area contributed by atoms with E-state index in [1.54, 1.807) is 61.5 Å². The SMILES string of the molecule is Cc1cc(Cl)ccc1N1C(=O)C(=O)/C(=C(\O)c2ccc(Br)cc2)C1c1ccco1. The van der Waals surface area contributed by atoms with Gasteiger partial charge in [0, 0.05) is 20.7 Å². The van der Waals surface area contributed by atoms with Crippen LogP contribution >= 0.6 is 27.5 Å². The van der Waals surface area contributed by atoms with E-state index in [0.717, 1.165) is 10.0 Å². The summed E-state index contributed by atoms with van der Waals surface area (Å²) >= 11 is 9.40. The summed E-state index contributed by atoms with van der Waals surface area (Å²) in [6, 6.07) is 14.3. The fourth-order valence-electron chi connectivity index (χ4n) is 3.45. The van der Waals surface area contributed by atoms with Gasteiger partial charge in [0.25, 0.3) is 11.7 Å². The first-order valence-corrected chi connectivity index (χ1v) is 9.92. The maximum Gasteiger partial charge on any atom is 0.300 e. The van der Waals surface area contributed by atoms with E-state index >= 15 is 0 Å². The Morgan fingerprint density at radius 3 is 2.48 bits per heavy atom. The van der Waals surface area contributed by atoms with Crippen LogP contribution in [0, 0.1) is 6.92 Å². The third-order valence-electron chi connectivity index (χ3n) is 4.79. The minimum Gasteiger partial charge on any atom is -0.507 e. The van der Waals surface area contributed by atoms with Crippen LogP contribution in [0.3, 0.4) is 0 Å². The number of aryl methyl sites for hydroxylation is 1. The fourth-order valence-corrected chi connectivity index (χ4v) is 3.94. The molecule has 1 aliphatic rings. The summed E-state index contributed by atoms with van der Waals surface area (Å²) < 4.78 is 6.37. The van der Waals surface area contributed by atoms with Gasteiger partial charge in [0.2, 0.25) is 0 Å². The first-order valence-electron chi connectivity index (χ1n) is 8.75. The Balaban J connectivity index is 1.94. The number of aliphatic hydroxyl groups excluding tert-OH is 1. The number of ketones is 1. The average Bonchev–Trinajstić information content (AvgIpc) is 3.30. The average molecular weight is 473 g/mol. The zero-order valence-electron chi connectivity index (χ0n) is 15.2. The Morgan fingerprint density at radius 2 is 1.86 bits per heavy atom. The minimum atomic E-state index is -0.895. The molecule has 1 amide bonds. The molecule has 1 N–H and O–H groups in total. The minimum absolute atomic E-state index is 0.0263. The lowest BCUT2D eigenvalue weighted by molar-refractivity contribution is -0.132. The maximum atomic E-state index is 13.0. The van der Waals surface area contributed by atoms with Gasteiger partial charge >= 0.3 is 0 Å². The van der Waals surface area contributed by atoms with Crippen molar-refractivity contribution in [3.05, 3.63) is 92.8 Å². The second-order valence-electron chi connectivity index (χ2n) is 6.62. The molecule has 7 heteroatoms. The number of nitrogens with zero attached hydrogens (tertiary/aromatic N) is 1. The van der Waals surface area contributed by atoms with Crippen LogP contribution in [-0.2, 0) is 9.59 Å². The van der Waals surface area contributed by atoms with Crippen LogP contribution in [0.2, 0.25) is 5.02 Å². The van der Waals surface area contributed by atoms with E-state index in [1.165, 1.54) is 11.2 Å². The van der Waals surface area contributed by atoms with Gasteiger partial charge in [0.15, 0.2) is 0 Å². The lowest BCUT2D eigenvalue weighted by Gasteiger charge is -2.25. The number of furan rings is 1. The van der Waals surface area contributed by atoms with Gasteiger partial charge in [0.05, 0.1) is 11.8 Å². The first-order chi connectivity index (χ1) is 13.9. The molecule has 2 aromatic carbocycles. The van der Waals surface area contributed by atoms with Crippen LogP contribution in [-0.4, -0.2) is 16.8 Å². The van der Waals surface area contributed by atoms with Crippen molar-refractivity contribution in [2.75, 3.05) is 4.90 Å². The summed E-state index contributed by atoms with van der Waals surface area (Å²) in [6.07, 6.45) is 1.46. The summed E-state index contributed by atoms with van der Waals surface area (Å²) in [4.78, 5) is 27.3. The van der Waals surface area contributed by atoms with Crippen LogP contribution in [0.25, 0.3) is 5.76 Å². The standard InChI is InChI=1S/C22H15BrClNO4/c1-12-11-15(24)8-9-16(12)25-19(17-3-2-10-29-17)18(21(27)22(25)28)20(26)13-4-6-14(23)7-5-13/h2-11,19,26H,1H3/b20-18-. The second kappa shape index (κ2) is 7.54. The Morgan fingerprint density at radius 1 is 1.14 bits per heavy atom. The number of halogens is 2. The Kier molecular flexibility index (Phi) is 5.06. The Hall–Kier alpha value is -2.83. The van der Waals surface area contributed by atoms with E-state index in [-0.39, 0.29) is 11.3 Å². The smallest absolute Gasteiger partial charge is 0.300 e. The summed E-state index contributed by atoms with van der Waals surface area (Å²) in [6.45, 7) is 1.80.